The highest BCUT2D eigenvalue weighted by Crippen LogP contribution is 2.32. The maximum absolute atomic E-state index is 13.2. The summed E-state index contributed by atoms with van der Waals surface area (Å²) in [6, 6.07) is 9.31. The molecular formula is C13H10ClFO. The lowest BCUT2D eigenvalue weighted by Gasteiger charge is -2.06. The normalized spacial score (nSPS) is 10.4. The number of hydrogen-bond acceptors (Lipinski definition) is 1. The zero-order chi connectivity index (χ0) is 11.7. The van der Waals surface area contributed by atoms with Crippen LogP contribution in [-0.2, 0) is 0 Å². The highest BCUT2D eigenvalue weighted by atomic mass is 35.5. The van der Waals surface area contributed by atoms with Crippen LogP contribution in [0.1, 0.15) is 5.56 Å². The Bertz CT molecular complexity index is 517. The predicted molar refractivity (Wildman–Crippen MR) is 63.2 cm³/mol. The first-order valence-corrected chi connectivity index (χ1v) is 5.20. The van der Waals surface area contributed by atoms with Crippen molar-refractivity contribution in [2.24, 2.45) is 0 Å². The molecule has 0 saturated heterocycles. The van der Waals surface area contributed by atoms with E-state index in [1.165, 1.54) is 18.2 Å². The molecule has 2 aromatic carbocycles. The second-order valence-electron chi connectivity index (χ2n) is 3.68. The molecule has 0 spiro atoms. The van der Waals surface area contributed by atoms with Gasteiger partial charge in [-0.2, -0.15) is 0 Å². The zero-order valence-electron chi connectivity index (χ0n) is 8.67. The van der Waals surface area contributed by atoms with Crippen LogP contribution in [0.5, 0.6) is 5.75 Å². The average molecular weight is 237 g/mol. The number of phenolic OH excluding ortho intramolecular Hbond substituents is 1. The second kappa shape index (κ2) is 4.14. The lowest BCUT2D eigenvalue weighted by Crippen LogP contribution is -1.84. The summed E-state index contributed by atoms with van der Waals surface area (Å²) in [6.45, 7) is 1.80. The van der Waals surface area contributed by atoms with Gasteiger partial charge in [0.2, 0.25) is 0 Å². The van der Waals surface area contributed by atoms with Gasteiger partial charge in [-0.15, -0.1) is 0 Å². The molecule has 0 radical (unpaired) electrons. The Labute approximate surface area is 98.1 Å². The fraction of sp³-hybridized carbons (Fsp3) is 0.0769. The quantitative estimate of drug-likeness (QED) is 0.788. The molecule has 16 heavy (non-hydrogen) atoms. The summed E-state index contributed by atoms with van der Waals surface area (Å²) in [5.74, 6) is -0.233. The van der Waals surface area contributed by atoms with Crippen LogP contribution in [0, 0.1) is 12.7 Å². The van der Waals surface area contributed by atoms with Crippen molar-refractivity contribution in [2.45, 2.75) is 6.92 Å². The summed E-state index contributed by atoms with van der Waals surface area (Å²) < 4.78 is 13.2. The van der Waals surface area contributed by atoms with Gasteiger partial charge in [0.15, 0.2) is 0 Å². The molecule has 3 heteroatoms. The van der Waals surface area contributed by atoms with Crippen LogP contribution in [0.25, 0.3) is 11.1 Å². The van der Waals surface area contributed by atoms with E-state index in [4.69, 9.17) is 11.6 Å². The first-order chi connectivity index (χ1) is 7.56. The molecule has 0 amide bonds. The third-order valence-electron chi connectivity index (χ3n) is 2.31. The monoisotopic (exact) mass is 236 g/mol. The molecule has 0 bridgehead atoms. The molecule has 0 aliphatic carbocycles. The molecular weight excluding hydrogens is 227 g/mol. The van der Waals surface area contributed by atoms with Crippen molar-refractivity contribution in [3.8, 4) is 16.9 Å². The summed E-state index contributed by atoms with van der Waals surface area (Å²) in [6.07, 6.45) is 0. The molecule has 82 valence electrons. The fourth-order valence-electron chi connectivity index (χ4n) is 1.63. The molecule has 0 saturated carbocycles. The van der Waals surface area contributed by atoms with Crippen molar-refractivity contribution in [1.82, 2.24) is 0 Å². The van der Waals surface area contributed by atoms with Crippen LogP contribution in [0.4, 0.5) is 4.39 Å². The number of aryl methyl sites for hydroxylation is 1. The van der Waals surface area contributed by atoms with Crippen molar-refractivity contribution in [1.29, 1.82) is 0 Å². The molecule has 1 N–H and O–H groups in total. The Hall–Kier alpha value is -1.54. The molecule has 0 aliphatic rings. The van der Waals surface area contributed by atoms with Gasteiger partial charge in [0.25, 0.3) is 0 Å². The van der Waals surface area contributed by atoms with Gasteiger partial charge in [-0.05, 0) is 48.4 Å². The zero-order valence-corrected chi connectivity index (χ0v) is 9.42. The lowest BCUT2D eigenvalue weighted by molar-refractivity contribution is 0.477. The van der Waals surface area contributed by atoms with Crippen LogP contribution < -0.4 is 0 Å². The van der Waals surface area contributed by atoms with E-state index in [0.717, 1.165) is 5.56 Å². The Morgan fingerprint density at radius 3 is 2.56 bits per heavy atom. The van der Waals surface area contributed by atoms with E-state index >= 15 is 0 Å². The van der Waals surface area contributed by atoms with E-state index in [9.17, 15) is 9.50 Å². The summed E-state index contributed by atoms with van der Waals surface area (Å²) >= 11 is 5.84. The highest BCUT2D eigenvalue weighted by Gasteiger charge is 2.07. The molecule has 2 aromatic rings. The molecule has 0 unspecified atom stereocenters. The predicted octanol–water partition coefficient (Wildman–Crippen LogP) is 4.16. The van der Waals surface area contributed by atoms with Gasteiger partial charge < -0.3 is 5.11 Å². The van der Waals surface area contributed by atoms with Crippen molar-refractivity contribution < 1.29 is 9.50 Å². The lowest BCUT2D eigenvalue weighted by atomic mass is 10.0. The topological polar surface area (TPSA) is 20.2 Å². The molecule has 0 aromatic heterocycles. The van der Waals surface area contributed by atoms with Gasteiger partial charge in [0, 0.05) is 10.6 Å². The first kappa shape index (κ1) is 11.0. The molecule has 0 atom stereocenters. The van der Waals surface area contributed by atoms with Crippen LogP contribution in [-0.4, -0.2) is 5.11 Å². The van der Waals surface area contributed by atoms with E-state index in [1.54, 1.807) is 25.1 Å². The van der Waals surface area contributed by atoms with E-state index in [-0.39, 0.29) is 11.6 Å². The first-order valence-electron chi connectivity index (χ1n) is 4.82. The van der Waals surface area contributed by atoms with Gasteiger partial charge in [-0.1, -0.05) is 17.7 Å². The standard InChI is InChI=1S/C13H10ClFO/c1-8-4-9(6-11(15)5-8)12-7-10(14)2-3-13(12)16/h2-7,16H,1H3. The maximum Gasteiger partial charge on any atom is 0.124 e. The van der Waals surface area contributed by atoms with E-state index in [2.05, 4.69) is 0 Å². The fourth-order valence-corrected chi connectivity index (χ4v) is 1.80. The second-order valence-corrected chi connectivity index (χ2v) is 4.12. The largest absolute Gasteiger partial charge is 0.507 e. The number of aromatic hydroxyl groups is 1. The third-order valence-corrected chi connectivity index (χ3v) is 2.55. The van der Waals surface area contributed by atoms with Gasteiger partial charge in [0.1, 0.15) is 11.6 Å². The minimum absolute atomic E-state index is 0.0920. The Balaban J connectivity index is 2.62. The molecule has 1 nitrogen and oxygen atoms in total. The van der Waals surface area contributed by atoms with Gasteiger partial charge in [0.05, 0.1) is 0 Å². The SMILES string of the molecule is Cc1cc(F)cc(-c2cc(Cl)ccc2O)c1. The average Bonchev–Trinajstić information content (AvgIpc) is 2.20. The van der Waals surface area contributed by atoms with Crippen LogP contribution in [0.2, 0.25) is 5.02 Å². The van der Waals surface area contributed by atoms with Gasteiger partial charge in [-0.25, -0.2) is 4.39 Å². The number of hydrogen-bond donors (Lipinski definition) is 1. The highest BCUT2D eigenvalue weighted by molar-refractivity contribution is 6.31. The molecule has 0 fully saturated rings. The van der Waals surface area contributed by atoms with Crippen LogP contribution in [0.3, 0.4) is 0 Å². The molecule has 0 heterocycles. The summed E-state index contributed by atoms with van der Waals surface area (Å²) in [4.78, 5) is 0. The number of phenols is 1. The van der Waals surface area contributed by atoms with E-state index in [0.29, 0.717) is 16.1 Å². The number of benzene rings is 2. The third kappa shape index (κ3) is 2.17. The Kier molecular flexibility index (Phi) is 2.84. The molecule has 2 rings (SSSR count). The Morgan fingerprint density at radius 1 is 1.12 bits per heavy atom. The number of rotatable bonds is 1. The Morgan fingerprint density at radius 2 is 1.88 bits per heavy atom. The number of halogens is 2. The summed E-state index contributed by atoms with van der Waals surface area (Å²) in [7, 11) is 0. The van der Waals surface area contributed by atoms with Gasteiger partial charge in [-0.3, -0.25) is 0 Å². The van der Waals surface area contributed by atoms with Crippen molar-refractivity contribution in [2.75, 3.05) is 0 Å². The van der Waals surface area contributed by atoms with E-state index < -0.39 is 0 Å². The summed E-state index contributed by atoms with van der Waals surface area (Å²) in [5, 5.41) is 10.2. The van der Waals surface area contributed by atoms with Crippen molar-refractivity contribution in [3.63, 3.8) is 0 Å². The van der Waals surface area contributed by atoms with Crippen molar-refractivity contribution >= 4 is 11.6 Å². The van der Waals surface area contributed by atoms with E-state index in [1.807, 2.05) is 0 Å². The van der Waals surface area contributed by atoms with Crippen LogP contribution in [0.15, 0.2) is 36.4 Å². The van der Waals surface area contributed by atoms with Crippen LogP contribution >= 0.6 is 11.6 Å². The minimum Gasteiger partial charge on any atom is -0.507 e. The molecule has 0 aliphatic heterocycles. The minimum atomic E-state index is -0.325. The summed E-state index contributed by atoms with van der Waals surface area (Å²) in [5.41, 5.74) is 1.96. The smallest absolute Gasteiger partial charge is 0.124 e. The van der Waals surface area contributed by atoms with Gasteiger partial charge >= 0.3 is 0 Å². The maximum atomic E-state index is 13.2. The van der Waals surface area contributed by atoms with Crippen molar-refractivity contribution in [3.05, 3.63) is 52.8 Å².